The minimum absolute atomic E-state index is 0.497. The third-order valence-electron chi connectivity index (χ3n) is 2.31. The second-order valence-corrected chi connectivity index (χ2v) is 4.38. The summed E-state index contributed by atoms with van der Waals surface area (Å²) in [4.78, 5) is 8.57. The Morgan fingerprint density at radius 3 is 3.12 bits per heavy atom. The van der Waals surface area contributed by atoms with Gasteiger partial charge in [-0.3, -0.25) is 4.57 Å². The van der Waals surface area contributed by atoms with Gasteiger partial charge in [0.15, 0.2) is 5.65 Å². The van der Waals surface area contributed by atoms with E-state index in [-0.39, 0.29) is 0 Å². The fourth-order valence-corrected chi connectivity index (χ4v) is 1.91. The van der Waals surface area contributed by atoms with Gasteiger partial charge in [-0.05, 0) is 28.4 Å². The highest BCUT2D eigenvalue weighted by atomic mass is 79.9. The Balaban J connectivity index is 2.32. The maximum absolute atomic E-state index is 5.84. The number of nitrogens with two attached hydrogens (primary N) is 1. The number of hydrogen-bond donors (Lipinski definition) is 1. The third kappa shape index (κ3) is 2.17. The monoisotopic (exact) mass is 284 g/mol. The number of imidazole rings is 1. The summed E-state index contributed by atoms with van der Waals surface area (Å²) >= 11 is 3.36. The van der Waals surface area contributed by atoms with Crippen molar-refractivity contribution in [2.45, 2.75) is 13.0 Å². The number of aryl methyl sites for hydroxylation is 1. The molecule has 0 saturated heterocycles. The summed E-state index contributed by atoms with van der Waals surface area (Å²) in [6, 6.07) is 1.91. The molecule has 2 heterocycles. The Hall–Kier alpha value is -1.14. The molecule has 5 nitrogen and oxygen atoms in total. The maximum atomic E-state index is 5.84. The molecule has 0 aliphatic heterocycles. The average molecular weight is 285 g/mol. The van der Waals surface area contributed by atoms with Crippen LogP contribution in [-0.2, 0) is 11.3 Å². The minimum atomic E-state index is 0.497. The zero-order valence-corrected chi connectivity index (χ0v) is 10.6. The summed E-state index contributed by atoms with van der Waals surface area (Å²) in [5.41, 5.74) is 7.47. The number of rotatable bonds is 4. The predicted octanol–water partition coefficient (Wildman–Crippen LogP) is 1.81. The molecule has 0 saturated carbocycles. The van der Waals surface area contributed by atoms with Gasteiger partial charge in [-0.15, -0.1) is 0 Å². The zero-order chi connectivity index (χ0) is 11.5. The van der Waals surface area contributed by atoms with E-state index in [0.29, 0.717) is 12.6 Å². The molecule has 0 radical (unpaired) electrons. The molecular weight excluding hydrogens is 272 g/mol. The molecular formula is C10H13BrN4O. The summed E-state index contributed by atoms with van der Waals surface area (Å²) in [5.74, 6) is 0.497. The van der Waals surface area contributed by atoms with E-state index >= 15 is 0 Å². The Bertz CT molecular complexity index is 497. The smallest absolute Gasteiger partial charge is 0.202 e. The summed E-state index contributed by atoms with van der Waals surface area (Å²) < 4.78 is 7.82. The molecule has 2 N–H and O–H groups in total. The molecule has 2 aromatic heterocycles. The van der Waals surface area contributed by atoms with Crippen LogP contribution in [0.2, 0.25) is 0 Å². The van der Waals surface area contributed by atoms with E-state index in [4.69, 9.17) is 10.5 Å². The van der Waals surface area contributed by atoms with Crippen LogP contribution in [-0.4, -0.2) is 28.3 Å². The first kappa shape index (κ1) is 11.3. The molecule has 86 valence electrons. The first-order valence-electron chi connectivity index (χ1n) is 4.98. The van der Waals surface area contributed by atoms with Crippen molar-refractivity contribution in [2.75, 3.05) is 19.5 Å². The van der Waals surface area contributed by atoms with Crippen LogP contribution in [0.1, 0.15) is 6.42 Å². The van der Waals surface area contributed by atoms with E-state index < -0.39 is 0 Å². The zero-order valence-electron chi connectivity index (χ0n) is 8.98. The lowest BCUT2D eigenvalue weighted by Crippen LogP contribution is -2.06. The van der Waals surface area contributed by atoms with Crippen molar-refractivity contribution in [1.82, 2.24) is 14.5 Å². The van der Waals surface area contributed by atoms with Crippen molar-refractivity contribution in [1.29, 1.82) is 0 Å². The predicted molar refractivity (Wildman–Crippen MR) is 66.1 cm³/mol. The fraction of sp³-hybridized carbons (Fsp3) is 0.400. The molecule has 2 rings (SSSR count). The highest BCUT2D eigenvalue weighted by molar-refractivity contribution is 9.10. The van der Waals surface area contributed by atoms with Gasteiger partial charge in [0.25, 0.3) is 0 Å². The topological polar surface area (TPSA) is 66.0 Å². The summed E-state index contributed by atoms with van der Waals surface area (Å²) in [7, 11) is 1.69. The van der Waals surface area contributed by atoms with Crippen LogP contribution in [0.15, 0.2) is 16.7 Å². The van der Waals surface area contributed by atoms with Crippen molar-refractivity contribution >= 4 is 33.0 Å². The standard InChI is InChI=1S/C10H13BrN4O/c1-16-4-2-3-15-9-8(14-10(15)12)5-7(11)6-13-9/h5-6H,2-4H2,1H3,(H2,12,14). The van der Waals surface area contributed by atoms with Crippen molar-refractivity contribution < 1.29 is 4.74 Å². The molecule has 0 bridgehead atoms. The van der Waals surface area contributed by atoms with E-state index in [0.717, 1.165) is 28.6 Å². The quantitative estimate of drug-likeness (QED) is 0.870. The molecule has 0 aliphatic carbocycles. The number of nitrogen functional groups attached to an aromatic ring is 1. The molecule has 0 atom stereocenters. The van der Waals surface area contributed by atoms with E-state index in [1.165, 1.54) is 0 Å². The Morgan fingerprint density at radius 1 is 1.56 bits per heavy atom. The van der Waals surface area contributed by atoms with E-state index in [2.05, 4.69) is 25.9 Å². The maximum Gasteiger partial charge on any atom is 0.202 e. The second-order valence-electron chi connectivity index (χ2n) is 3.46. The molecule has 0 fully saturated rings. The van der Waals surface area contributed by atoms with Crippen LogP contribution in [0.3, 0.4) is 0 Å². The van der Waals surface area contributed by atoms with Gasteiger partial charge in [-0.25, -0.2) is 9.97 Å². The Morgan fingerprint density at radius 2 is 2.38 bits per heavy atom. The van der Waals surface area contributed by atoms with Gasteiger partial charge < -0.3 is 10.5 Å². The van der Waals surface area contributed by atoms with Crippen LogP contribution >= 0.6 is 15.9 Å². The van der Waals surface area contributed by atoms with Crippen LogP contribution in [0.4, 0.5) is 5.95 Å². The molecule has 6 heteroatoms. The summed E-state index contributed by atoms with van der Waals surface area (Å²) in [5, 5.41) is 0. The lowest BCUT2D eigenvalue weighted by Gasteiger charge is -2.04. The lowest BCUT2D eigenvalue weighted by atomic mass is 10.4. The number of nitrogens with zero attached hydrogens (tertiary/aromatic N) is 3. The first-order chi connectivity index (χ1) is 7.72. The molecule has 0 unspecified atom stereocenters. The number of aromatic nitrogens is 3. The van der Waals surface area contributed by atoms with Crippen molar-refractivity contribution in [3.8, 4) is 0 Å². The lowest BCUT2D eigenvalue weighted by molar-refractivity contribution is 0.191. The van der Waals surface area contributed by atoms with Gasteiger partial charge in [0.2, 0.25) is 5.95 Å². The van der Waals surface area contributed by atoms with Crippen molar-refractivity contribution in [3.05, 3.63) is 16.7 Å². The molecule has 0 spiro atoms. The van der Waals surface area contributed by atoms with Gasteiger partial charge >= 0.3 is 0 Å². The largest absolute Gasteiger partial charge is 0.385 e. The molecule has 0 aromatic carbocycles. The number of ether oxygens (including phenoxy) is 1. The normalized spacial score (nSPS) is 11.1. The molecule has 16 heavy (non-hydrogen) atoms. The molecule has 0 aliphatic rings. The highest BCUT2D eigenvalue weighted by Gasteiger charge is 2.09. The highest BCUT2D eigenvalue weighted by Crippen LogP contribution is 2.19. The molecule has 2 aromatic rings. The van der Waals surface area contributed by atoms with Crippen LogP contribution in [0.25, 0.3) is 11.2 Å². The number of pyridine rings is 1. The Kier molecular flexibility index (Phi) is 3.40. The number of methoxy groups -OCH3 is 1. The van der Waals surface area contributed by atoms with Crippen LogP contribution in [0, 0.1) is 0 Å². The van der Waals surface area contributed by atoms with Crippen molar-refractivity contribution in [3.63, 3.8) is 0 Å². The van der Waals surface area contributed by atoms with E-state index in [1.54, 1.807) is 13.3 Å². The SMILES string of the molecule is COCCCn1c(N)nc2cc(Br)cnc21. The number of fused-ring (bicyclic) bond motifs is 1. The summed E-state index contributed by atoms with van der Waals surface area (Å²) in [6.07, 6.45) is 2.64. The number of anilines is 1. The third-order valence-corrected chi connectivity index (χ3v) is 2.74. The average Bonchev–Trinajstić information content (AvgIpc) is 2.55. The van der Waals surface area contributed by atoms with Crippen molar-refractivity contribution in [2.24, 2.45) is 0 Å². The number of halogens is 1. The van der Waals surface area contributed by atoms with Gasteiger partial charge in [-0.2, -0.15) is 0 Å². The fourth-order valence-electron chi connectivity index (χ4n) is 1.59. The van der Waals surface area contributed by atoms with Gasteiger partial charge in [0.1, 0.15) is 5.52 Å². The minimum Gasteiger partial charge on any atom is -0.385 e. The second kappa shape index (κ2) is 4.80. The van der Waals surface area contributed by atoms with Gasteiger partial charge in [0, 0.05) is 30.9 Å². The van der Waals surface area contributed by atoms with Crippen LogP contribution in [0.5, 0.6) is 0 Å². The van der Waals surface area contributed by atoms with Crippen LogP contribution < -0.4 is 5.73 Å². The summed E-state index contributed by atoms with van der Waals surface area (Å²) in [6.45, 7) is 1.47. The first-order valence-corrected chi connectivity index (χ1v) is 5.78. The molecule has 0 amide bonds. The van der Waals surface area contributed by atoms with E-state index in [1.807, 2.05) is 10.6 Å². The van der Waals surface area contributed by atoms with E-state index in [9.17, 15) is 0 Å². The van der Waals surface area contributed by atoms with Gasteiger partial charge in [0.05, 0.1) is 0 Å². The number of hydrogen-bond acceptors (Lipinski definition) is 4. The Labute approximate surface area is 102 Å². The van der Waals surface area contributed by atoms with Gasteiger partial charge in [-0.1, -0.05) is 0 Å².